The molecule has 1 amide bonds. The SMILES string of the molecule is CCc1ccc(OC)c(N(C)S(=O)(=O)c2ccc3[nH]cc(C(=O)NC(C)CC)c(=O)c3c2)c1. The Balaban J connectivity index is 2.09. The number of nitrogens with zero attached hydrogens (tertiary/aromatic N) is 1. The first kappa shape index (κ1) is 24.3. The zero-order valence-corrected chi connectivity index (χ0v) is 20.2. The molecule has 0 bridgehead atoms. The Labute approximate surface area is 193 Å². The van der Waals surface area contributed by atoms with Crippen molar-refractivity contribution in [2.75, 3.05) is 18.5 Å². The summed E-state index contributed by atoms with van der Waals surface area (Å²) in [5, 5.41) is 2.88. The van der Waals surface area contributed by atoms with E-state index in [4.69, 9.17) is 4.74 Å². The summed E-state index contributed by atoms with van der Waals surface area (Å²) < 4.78 is 33.4. The first-order valence-corrected chi connectivity index (χ1v) is 12.2. The van der Waals surface area contributed by atoms with Crippen molar-refractivity contribution in [3.63, 3.8) is 0 Å². The van der Waals surface area contributed by atoms with Crippen molar-refractivity contribution in [1.82, 2.24) is 10.3 Å². The number of aromatic nitrogens is 1. The molecule has 1 unspecified atom stereocenters. The second-order valence-corrected chi connectivity index (χ2v) is 9.82. The van der Waals surface area contributed by atoms with E-state index in [1.807, 2.05) is 26.8 Å². The fraction of sp³-hybridized carbons (Fsp3) is 0.333. The van der Waals surface area contributed by atoms with Gasteiger partial charge in [0.15, 0.2) is 0 Å². The fourth-order valence-corrected chi connectivity index (χ4v) is 4.64. The molecular weight excluding hydrogens is 442 g/mol. The number of rotatable bonds is 8. The quantitative estimate of drug-likeness (QED) is 0.523. The summed E-state index contributed by atoms with van der Waals surface area (Å²) in [6.45, 7) is 5.74. The molecule has 0 fully saturated rings. The van der Waals surface area contributed by atoms with Gasteiger partial charge in [0.2, 0.25) is 5.43 Å². The molecule has 0 aliphatic rings. The van der Waals surface area contributed by atoms with E-state index in [0.717, 1.165) is 16.3 Å². The number of carbonyl (C=O) groups excluding carboxylic acids is 1. The first-order valence-electron chi connectivity index (χ1n) is 10.8. The normalized spacial score (nSPS) is 12.4. The van der Waals surface area contributed by atoms with Crippen molar-refractivity contribution in [3.8, 4) is 5.75 Å². The van der Waals surface area contributed by atoms with E-state index in [9.17, 15) is 18.0 Å². The van der Waals surface area contributed by atoms with Gasteiger partial charge in [0, 0.05) is 30.2 Å². The van der Waals surface area contributed by atoms with E-state index in [1.54, 1.807) is 12.1 Å². The Kier molecular flexibility index (Phi) is 7.12. The minimum Gasteiger partial charge on any atom is -0.495 e. The lowest BCUT2D eigenvalue weighted by Gasteiger charge is -2.22. The number of fused-ring (bicyclic) bond motifs is 1. The molecule has 1 heterocycles. The van der Waals surface area contributed by atoms with Gasteiger partial charge in [-0.1, -0.05) is 19.9 Å². The molecule has 1 atom stereocenters. The van der Waals surface area contributed by atoms with Gasteiger partial charge in [-0.25, -0.2) is 8.42 Å². The van der Waals surface area contributed by atoms with Crippen LogP contribution < -0.4 is 19.8 Å². The third-order valence-corrected chi connectivity index (χ3v) is 7.50. The van der Waals surface area contributed by atoms with Crippen molar-refractivity contribution in [1.29, 1.82) is 0 Å². The third kappa shape index (κ3) is 4.73. The summed E-state index contributed by atoms with van der Waals surface area (Å²) in [4.78, 5) is 28.4. The molecule has 0 radical (unpaired) electrons. The lowest BCUT2D eigenvalue weighted by Crippen LogP contribution is -2.35. The molecule has 2 aromatic carbocycles. The van der Waals surface area contributed by atoms with Crippen LogP contribution in [0.5, 0.6) is 5.75 Å². The summed E-state index contributed by atoms with van der Waals surface area (Å²) in [7, 11) is -1.09. The first-order chi connectivity index (χ1) is 15.6. The maximum Gasteiger partial charge on any atom is 0.264 e. The zero-order valence-electron chi connectivity index (χ0n) is 19.4. The van der Waals surface area contributed by atoms with Crippen molar-refractivity contribution >= 4 is 32.5 Å². The Hall–Kier alpha value is -3.33. The minimum atomic E-state index is -4.01. The van der Waals surface area contributed by atoms with Crippen LogP contribution in [-0.2, 0) is 16.4 Å². The average Bonchev–Trinajstić information content (AvgIpc) is 2.82. The van der Waals surface area contributed by atoms with Crippen LogP contribution in [-0.4, -0.2) is 39.5 Å². The highest BCUT2D eigenvalue weighted by atomic mass is 32.2. The molecule has 1 aromatic heterocycles. The van der Waals surface area contributed by atoms with Crippen LogP contribution in [0, 0.1) is 0 Å². The molecule has 9 heteroatoms. The fourth-order valence-electron chi connectivity index (χ4n) is 3.42. The highest BCUT2D eigenvalue weighted by molar-refractivity contribution is 7.92. The third-order valence-electron chi connectivity index (χ3n) is 5.74. The van der Waals surface area contributed by atoms with E-state index < -0.39 is 21.4 Å². The van der Waals surface area contributed by atoms with Crippen LogP contribution in [0.1, 0.15) is 43.1 Å². The maximum atomic E-state index is 13.4. The maximum absolute atomic E-state index is 13.4. The van der Waals surface area contributed by atoms with Crippen LogP contribution in [0.25, 0.3) is 10.9 Å². The second kappa shape index (κ2) is 9.66. The van der Waals surface area contributed by atoms with Gasteiger partial charge in [0.1, 0.15) is 11.3 Å². The molecule has 0 aliphatic carbocycles. The summed E-state index contributed by atoms with van der Waals surface area (Å²) in [6, 6.07) is 9.53. The number of aromatic amines is 1. The standard InChI is InChI=1S/C24H29N3O5S/c1-6-15(3)26-24(29)19-14-25-20-10-9-17(13-18(20)23(19)28)33(30,31)27(4)21-12-16(7-2)8-11-22(21)32-5/h8-15H,6-7H2,1-5H3,(H,25,28)(H,26,29). The lowest BCUT2D eigenvalue weighted by molar-refractivity contribution is 0.0938. The monoisotopic (exact) mass is 471 g/mol. The highest BCUT2D eigenvalue weighted by Gasteiger charge is 2.25. The molecule has 2 N–H and O–H groups in total. The molecule has 0 aliphatic heterocycles. The zero-order chi connectivity index (χ0) is 24.3. The van der Waals surface area contributed by atoms with Crippen molar-refractivity contribution < 1.29 is 17.9 Å². The summed E-state index contributed by atoms with van der Waals surface area (Å²) >= 11 is 0. The Morgan fingerprint density at radius 1 is 1.18 bits per heavy atom. The van der Waals surface area contributed by atoms with Gasteiger partial charge in [0.25, 0.3) is 15.9 Å². The number of hydrogen-bond acceptors (Lipinski definition) is 5. The number of sulfonamides is 1. The number of hydrogen-bond donors (Lipinski definition) is 2. The van der Waals surface area contributed by atoms with Crippen molar-refractivity contribution in [2.24, 2.45) is 0 Å². The molecule has 0 spiro atoms. The number of H-pyrrole nitrogens is 1. The second-order valence-electron chi connectivity index (χ2n) is 7.85. The van der Waals surface area contributed by atoms with Crippen molar-refractivity contribution in [2.45, 2.75) is 44.6 Å². The Morgan fingerprint density at radius 3 is 2.55 bits per heavy atom. The van der Waals surface area contributed by atoms with Crippen LogP contribution in [0.2, 0.25) is 0 Å². The molecule has 3 rings (SSSR count). The van der Waals surface area contributed by atoms with Gasteiger partial charge >= 0.3 is 0 Å². The number of carbonyl (C=O) groups is 1. The molecule has 8 nitrogen and oxygen atoms in total. The number of anilines is 1. The summed E-state index contributed by atoms with van der Waals surface area (Å²) in [5.41, 5.74) is 1.19. The van der Waals surface area contributed by atoms with Crippen LogP contribution >= 0.6 is 0 Å². The molecule has 0 saturated heterocycles. The summed E-state index contributed by atoms with van der Waals surface area (Å²) in [5.74, 6) is -0.0834. The number of aryl methyl sites for hydroxylation is 1. The van der Waals surface area contributed by atoms with Gasteiger partial charge in [-0.2, -0.15) is 0 Å². The van der Waals surface area contributed by atoms with Gasteiger partial charge < -0.3 is 15.0 Å². The molecule has 3 aromatic rings. The smallest absolute Gasteiger partial charge is 0.264 e. The van der Waals surface area contributed by atoms with E-state index in [2.05, 4.69) is 10.3 Å². The molecule has 33 heavy (non-hydrogen) atoms. The molecular formula is C24H29N3O5S. The Morgan fingerprint density at radius 2 is 1.91 bits per heavy atom. The van der Waals surface area contributed by atoms with Gasteiger partial charge in [-0.05, 0) is 55.7 Å². The number of methoxy groups -OCH3 is 1. The van der Waals surface area contributed by atoms with Gasteiger partial charge in [0.05, 0.1) is 17.7 Å². The van der Waals surface area contributed by atoms with Gasteiger partial charge in [-0.3, -0.25) is 13.9 Å². The molecule has 176 valence electrons. The number of amides is 1. The predicted octanol–water partition coefficient (Wildman–Crippen LogP) is 3.45. The van der Waals surface area contributed by atoms with Crippen LogP contribution in [0.4, 0.5) is 5.69 Å². The van der Waals surface area contributed by atoms with Crippen LogP contribution in [0.15, 0.2) is 52.3 Å². The molecule has 0 saturated carbocycles. The predicted molar refractivity (Wildman–Crippen MR) is 130 cm³/mol. The van der Waals surface area contributed by atoms with Crippen molar-refractivity contribution in [3.05, 3.63) is 63.9 Å². The van der Waals surface area contributed by atoms with E-state index >= 15 is 0 Å². The van der Waals surface area contributed by atoms with E-state index in [0.29, 0.717) is 23.4 Å². The van der Waals surface area contributed by atoms with Crippen LogP contribution in [0.3, 0.4) is 0 Å². The van der Waals surface area contributed by atoms with E-state index in [-0.39, 0.29) is 21.9 Å². The van der Waals surface area contributed by atoms with Gasteiger partial charge in [-0.15, -0.1) is 0 Å². The number of ether oxygens (including phenoxy) is 1. The average molecular weight is 472 g/mol. The lowest BCUT2D eigenvalue weighted by atomic mass is 10.1. The Bertz CT molecular complexity index is 1350. The number of nitrogens with one attached hydrogen (secondary N) is 2. The van der Waals surface area contributed by atoms with E-state index in [1.165, 1.54) is 38.6 Å². The number of benzene rings is 2. The minimum absolute atomic E-state index is 0.0635. The summed E-state index contributed by atoms with van der Waals surface area (Å²) in [6.07, 6.45) is 2.80. The largest absolute Gasteiger partial charge is 0.495 e. The number of pyridine rings is 1. The topological polar surface area (TPSA) is 109 Å². The highest BCUT2D eigenvalue weighted by Crippen LogP contribution is 2.33.